The van der Waals surface area contributed by atoms with Crippen LogP contribution in [-0.4, -0.2) is 57.1 Å². The van der Waals surface area contributed by atoms with Crippen molar-refractivity contribution in [2.24, 2.45) is 0 Å². The standard InChI is InChI=1S/C20H18ClF3N6O2/c21-15-11-14(20(22,23)24)12-26-19(15)30-9-7-29(8-10-30)17(31)2-1-16-27-18(28-32-16)13-3-5-25-6-4-13/h3-6,11-12H,1-2,7-10H2. The second-order valence-electron chi connectivity index (χ2n) is 7.14. The maximum atomic E-state index is 12.8. The van der Waals surface area contributed by atoms with E-state index in [9.17, 15) is 18.0 Å². The Balaban J connectivity index is 1.29. The third-order valence-electron chi connectivity index (χ3n) is 5.04. The van der Waals surface area contributed by atoms with E-state index in [0.29, 0.717) is 44.3 Å². The van der Waals surface area contributed by atoms with Crippen molar-refractivity contribution in [3.05, 3.63) is 53.3 Å². The molecule has 0 aliphatic carbocycles. The van der Waals surface area contributed by atoms with Crippen LogP contribution < -0.4 is 4.90 Å². The van der Waals surface area contributed by atoms with Crippen LogP contribution >= 0.6 is 11.6 Å². The van der Waals surface area contributed by atoms with Gasteiger partial charge in [0.15, 0.2) is 0 Å². The molecule has 4 heterocycles. The number of hydrogen-bond donors (Lipinski definition) is 0. The van der Waals surface area contributed by atoms with Crippen LogP contribution in [0.4, 0.5) is 19.0 Å². The molecule has 0 radical (unpaired) electrons. The summed E-state index contributed by atoms with van der Waals surface area (Å²) in [6.07, 6.45) is 0.0333. The molecule has 0 aromatic carbocycles. The van der Waals surface area contributed by atoms with Gasteiger partial charge in [-0.05, 0) is 18.2 Å². The number of halogens is 4. The van der Waals surface area contributed by atoms with Crippen molar-refractivity contribution in [3.63, 3.8) is 0 Å². The Morgan fingerprint density at radius 1 is 1.16 bits per heavy atom. The third-order valence-corrected chi connectivity index (χ3v) is 5.32. The number of carbonyl (C=O) groups excluding carboxylic acids is 1. The van der Waals surface area contributed by atoms with Crippen molar-refractivity contribution in [2.45, 2.75) is 19.0 Å². The van der Waals surface area contributed by atoms with Gasteiger partial charge in [-0.25, -0.2) is 4.98 Å². The first-order valence-electron chi connectivity index (χ1n) is 9.80. The Morgan fingerprint density at radius 3 is 2.53 bits per heavy atom. The van der Waals surface area contributed by atoms with E-state index in [-0.39, 0.29) is 23.2 Å². The van der Waals surface area contributed by atoms with E-state index in [2.05, 4.69) is 20.1 Å². The predicted molar refractivity (Wildman–Crippen MR) is 109 cm³/mol. The molecule has 1 amide bonds. The zero-order valence-electron chi connectivity index (χ0n) is 16.7. The quantitative estimate of drug-likeness (QED) is 0.568. The SMILES string of the molecule is O=C(CCc1nc(-c2ccncc2)no1)N1CCN(c2ncc(C(F)(F)F)cc2Cl)CC1. The number of aromatic nitrogens is 4. The summed E-state index contributed by atoms with van der Waals surface area (Å²) in [4.78, 5) is 28.1. The van der Waals surface area contributed by atoms with Crippen molar-refractivity contribution in [2.75, 3.05) is 31.1 Å². The van der Waals surface area contributed by atoms with Crippen molar-refractivity contribution < 1.29 is 22.5 Å². The molecule has 0 N–H and O–H groups in total. The Bertz CT molecular complexity index is 1080. The molecule has 32 heavy (non-hydrogen) atoms. The van der Waals surface area contributed by atoms with E-state index in [1.54, 1.807) is 34.3 Å². The molecular formula is C20H18ClF3N6O2. The van der Waals surface area contributed by atoms with E-state index < -0.39 is 11.7 Å². The Labute approximate surface area is 186 Å². The summed E-state index contributed by atoms with van der Waals surface area (Å²) in [6.45, 7) is 1.64. The van der Waals surface area contributed by atoms with Crippen LogP contribution in [0.3, 0.4) is 0 Å². The van der Waals surface area contributed by atoms with Crippen LogP contribution in [-0.2, 0) is 17.4 Å². The van der Waals surface area contributed by atoms with E-state index in [4.69, 9.17) is 16.1 Å². The number of piperazine rings is 1. The lowest BCUT2D eigenvalue weighted by molar-refractivity contribution is -0.137. The fourth-order valence-electron chi connectivity index (χ4n) is 3.33. The lowest BCUT2D eigenvalue weighted by atomic mass is 10.2. The first-order valence-corrected chi connectivity index (χ1v) is 10.2. The zero-order chi connectivity index (χ0) is 22.7. The predicted octanol–water partition coefficient (Wildman–Crippen LogP) is 3.48. The molecule has 1 aliphatic heterocycles. The number of alkyl halides is 3. The number of nitrogens with zero attached hydrogens (tertiary/aromatic N) is 6. The second-order valence-corrected chi connectivity index (χ2v) is 7.55. The lowest BCUT2D eigenvalue weighted by Crippen LogP contribution is -2.49. The van der Waals surface area contributed by atoms with Crippen LogP contribution in [0.25, 0.3) is 11.4 Å². The van der Waals surface area contributed by atoms with Gasteiger partial charge >= 0.3 is 6.18 Å². The molecule has 0 bridgehead atoms. The first kappa shape index (κ1) is 22.0. The summed E-state index contributed by atoms with van der Waals surface area (Å²) in [7, 11) is 0. The molecule has 1 fully saturated rings. The largest absolute Gasteiger partial charge is 0.417 e. The normalized spacial score (nSPS) is 14.6. The Kier molecular flexibility index (Phi) is 6.26. The van der Waals surface area contributed by atoms with Gasteiger partial charge in [-0.1, -0.05) is 16.8 Å². The minimum absolute atomic E-state index is 0.0685. The molecule has 4 rings (SSSR count). The van der Waals surface area contributed by atoms with Crippen LogP contribution in [0.1, 0.15) is 17.9 Å². The molecule has 3 aromatic rings. The topological polar surface area (TPSA) is 88.2 Å². The molecule has 0 unspecified atom stereocenters. The Morgan fingerprint density at radius 2 is 1.88 bits per heavy atom. The van der Waals surface area contributed by atoms with Gasteiger partial charge in [-0.3, -0.25) is 9.78 Å². The van der Waals surface area contributed by atoms with Gasteiger partial charge in [-0.15, -0.1) is 0 Å². The van der Waals surface area contributed by atoms with Crippen LogP contribution in [0.15, 0.2) is 41.3 Å². The Hall–Kier alpha value is -3.21. The van der Waals surface area contributed by atoms with Crippen molar-refractivity contribution in [1.29, 1.82) is 0 Å². The number of aryl methyl sites for hydroxylation is 1. The van der Waals surface area contributed by atoms with Gasteiger partial charge in [0.05, 0.1) is 10.6 Å². The van der Waals surface area contributed by atoms with E-state index in [1.165, 1.54) is 0 Å². The lowest BCUT2D eigenvalue weighted by Gasteiger charge is -2.35. The highest BCUT2D eigenvalue weighted by Gasteiger charge is 2.32. The first-order chi connectivity index (χ1) is 15.3. The summed E-state index contributed by atoms with van der Waals surface area (Å²) >= 11 is 6.02. The van der Waals surface area contributed by atoms with Gasteiger partial charge in [0.2, 0.25) is 17.6 Å². The van der Waals surface area contributed by atoms with Gasteiger partial charge in [0.1, 0.15) is 5.82 Å². The number of rotatable bonds is 5. The molecule has 0 spiro atoms. The summed E-state index contributed by atoms with van der Waals surface area (Å²) in [6, 6.07) is 4.39. The second kappa shape index (κ2) is 9.11. The minimum atomic E-state index is -4.50. The molecule has 12 heteroatoms. The highest BCUT2D eigenvalue weighted by molar-refractivity contribution is 6.33. The smallest absolute Gasteiger partial charge is 0.352 e. The van der Waals surface area contributed by atoms with Crippen LogP contribution in [0.2, 0.25) is 5.02 Å². The highest BCUT2D eigenvalue weighted by Crippen LogP contribution is 2.33. The number of amides is 1. The fourth-order valence-corrected chi connectivity index (χ4v) is 3.62. The average molecular weight is 467 g/mol. The number of carbonyl (C=O) groups is 1. The maximum absolute atomic E-state index is 12.8. The molecule has 0 saturated carbocycles. The van der Waals surface area contributed by atoms with Gasteiger partial charge < -0.3 is 14.3 Å². The summed E-state index contributed by atoms with van der Waals surface area (Å²) in [5.74, 6) is 1.01. The van der Waals surface area contributed by atoms with Gasteiger partial charge in [-0.2, -0.15) is 18.2 Å². The number of hydrogen-bond acceptors (Lipinski definition) is 7. The monoisotopic (exact) mass is 466 g/mol. The van der Waals surface area contributed by atoms with Crippen molar-refractivity contribution >= 4 is 23.3 Å². The van der Waals surface area contributed by atoms with Crippen molar-refractivity contribution in [1.82, 2.24) is 25.0 Å². The van der Waals surface area contributed by atoms with Gasteiger partial charge in [0.25, 0.3) is 0 Å². The molecule has 1 saturated heterocycles. The van der Waals surface area contributed by atoms with E-state index in [1.807, 2.05) is 0 Å². The van der Waals surface area contributed by atoms with Crippen molar-refractivity contribution in [3.8, 4) is 11.4 Å². The summed E-state index contributed by atoms with van der Waals surface area (Å²) in [5.41, 5.74) is -0.124. The molecular weight excluding hydrogens is 449 g/mol. The molecule has 8 nitrogen and oxygen atoms in total. The highest BCUT2D eigenvalue weighted by atomic mass is 35.5. The average Bonchev–Trinajstić information content (AvgIpc) is 3.27. The summed E-state index contributed by atoms with van der Waals surface area (Å²) in [5, 5.41) is 3.85. The molecule has 0 atom stereocenters. The van der Waals surface area contributed by atoms with Gasteiger partial charge in [0, 0.05) is 63.2 Å². The number of pyridine rings is 2. The molecule has 3 aromatic heterocycles. The minimum Gasteiger partial charge on any atom is -0.352 e. The van der Waals surface area contributed by atoms with Crippen LogP contribution in [0.5, 0.6) is 0 Å². The number of anilines is 1. The summed E-state index contributed by atoms with van der Waals surface area (Å²) < 4.78 is 43.6. The fraction of sp³-hybridized carbons (Fsp3) is 0.350. The third kappa shape index (κ3) is 4.98. The molecule has 168 valence electrons. The molecule has 1 aliphatic rings. The maximum Gasteiger partial charge on any atom is 0.417 e. The van der Waals surface area contributed by atoms with E-state index in [0.717, 1.165) is 17.8 Å². The van der Waals surface area contributed by atoms with Crippen LogP contribution in [0, 0.1) is 0 Å². The zero-order valence-corrected chi connectivity index (χ0v) is 17.5. The van der Waals surface area contributed by atoms with E-state index >= 15 is 0 Å².